The van der Waals surface area contributed by atoms with Crippen LogP contribution in [0.2, 0.25) is 5.02 Å². The zero-order valence-corrected chi connectivity index (χ0v) is 14.5. The molecule has 1 aliphatic rings. The van der Waals surface area contributed by atoms with Gasteiger partial charge in [0, 0.05) is 19.0 Å². The highest BCUT2D eigenvalue weighted by atomic mass is 35.5. The highest BCUT2D eigenvalue weighted by Crippen LogP contribution is 2.31. The minimum Gasteiger partial charge on any atom is -0.313 e. The highest BCUT2D eigenvalue weighted by molar-refractivity contribution is 6.31. The SMILES string of the molecule is CCCNC(Cc1c(Cl)c(CC)nn1CC)C1CCCC1. The molecule has 1 N–H and O–H groups in total. The predicted molar refractivity (Wildman–Crippen MR) is 90.0 cm³/mol. The van der Waals surface area contributed by atoms with Gasteiger partial charge in [-0.25, -0.2) is 0 Å². The van der Waals surface area contributed by atoms with Crippen molar-refractivity contribution in [1.82, 2.24) is 15.1 Å². The van der Waals surface area contributed by atoms with Crippen LogP contribution in [0.3, 0.4) is 0 Å². The summed E-state index contributed by atoms with van der Waals surface area (Å²) in [6.45, 7) is 8.51. The number of nitrogens with one attached hydrogen (secondary N) is 1. The molecule has 1 saturated carbocycles. The molecule has 3 nitrogen and oxygen atoms in total. The molecule has 0 spiro atoms. The number of rotatable bonds is 8. The quantitative estimate of drug-likeness (QED) is 0.779. The van der Waals surface area contributed by atoms with Gasteiger partial charge >= 0.3 is 0 Å². The van der Waals surface area contributed by atoms with Crippen molar-refractivity contribution in [2.45, 2.75) is 78.3 Å². The van der Waals surface area contributed by atoms with Crippen molar-refractivity contribution in [3.05, 3.63) is 16.4 Å². The first kappa shape index (κ1) is 16.8. The van der Waals surface area contributed by atoms with Crippen LogP contribution in [0.25, 0.3) is 0 Å². The van der Waals surface area contributed by atoms with Crippen molar-refractivity contribution in [2.75, 3.05) is 6.54 Å². The maximum atomic E-state index is 6.58. The van der Waals surface area contributed by atoms with E-state index in [9.17, 15) is 0 Å². The van der Waals surface area contributed by atoms with Crippen molar-refractivity contribution in [1.29, 1.82) is 0 Å². The maximum Gasteiger partial charge on any atom is 0.0850 e. The second-order valence-electron chi connectivity index (χ2n) is 6.19. The van der Waals surface area contributed by atoms with E-state index in [0.29, 0.717) is 6.04 Å². The summed E-state index contributed by atoms with van der Waals surface area (Å²) in [5, 5.41) is 9.33. The van der Waals surface area contributed by atoms with Crippen LogP contribution in [-0.2, 0) is 19.4 Å². The third kappa shape index (κ3) is 4.01. The number of aromatic nitrogens is 2. The van der Waals surface area contributed by atoms with Crippen LogP contribution in [-0.4, -0.2) is 22.4 Å². The monoisotopic (exact) mass is 311 g/mol. The second kappa shape index (κ2) is 8.19. The van der Waals surface area contributed by atoms with Crippen LogP contribution >= 0.6 is 11.6 Å². The Labute approximate surface area is 134 Å². The summed E-state index contributed by atoms with van der Waals surface area (Å²) >= 11 is 6.58. The summed E-state index contributed by atoms with van der Waals surface area (Å²) in [7, 11) is 0. The fourth-order valence-corrected chi connectivity index (χ4v) is 3.86. The molecule has 1 aromatic rings. The number of halogens is 1. The number of hydrogen-bond donors (Lipinski definition) is 1. The van der Waals surface area contributed by atoms with Gasteiger partial charge in [-0.3, -0.25) is 4.68 Å². The Kier molecular flexibility index (Phi) is 6.56. The Morgan fingerprint density at radius 3 is 2.57 bits per heavy atom. The van der Waals surface area contributed by atoms with Gasteiger partial charge in [-0.15, -0.1) is 0 Å². The van der Waals surface area contributed by atoms with E-state index in [1.807, 2.05) is 0 Å². The van der Waals surface area contributed by atoms with Crippen LogP contribution in [0.5, 0.6) is 0 Å². The lowest BCUT2D eigenvalue weighted by Crippen LogP contribution is -2.38. The van der Waals surface area contributed by atoms with E-state index in [4.69, 9.17) is 11.6 Å². The first-order chi connectivity index (χ1) is 10.2. The van der Waals surface area contributed by atoms with Gasteiger partial charge in [-0.1, -0.05) is 38.3 Å². The standard InChI is InChI=1S/C17H30ClN3/c1-4-11-19-15(13-9-7-8-10-13)12-16-17(18)14(5-2)20-21(16)6-3/h13,15,19H,4-12H2,1-3H3. The molecule has 0 bridgehead atoms. The lowest BCUT2D eigenvalue weighted by molar-refractivity contribution is 0.349. The Balaban J connectivity index is 2.16. The Bertz CT molecular complexity index is 435. The van der Waals surface area contributed by atoms with Crippen LogP contribution < -0.4 is 5.32 Å². The average Bonchev–Trinajstić information content (AvgIpc) is 3.12. The molecule has 1 unspecified atom stereocenters. The lowest BCUT2D eigenvalue weighted by atomic mass is 9.93. The third-order valence-electron chi connectivity index (χ3n) is 4.73. The van der Waals surface area contributed by atoms with E-state index in [-0.39, 0.29) is 0 Å². The molecule has 4 heteroatoms. The number of nitrogens with zero attached hydrogens (tertiary/aromatic N) is 2. The van der Waals surface area contributed by atoms with Crippen LogP contribution in [0.4, 0.5) is 0 Å². The Morgan fingerprint density at radius 2 is 2.00 bits per heavy atom. The van der Waals surface area contributed by atoms with Gasteiger partial charge in [0.1, 0.15) is 0 Å². The number of aryl methyl sites for hydroxylation is 2. The molecule has 1 heterocycles. The fraction of sp³-hybridized carbons (Fsp3) is 0.824. The number of hydrogen-bond acceptors (Lipinski definition) is 2. The molecule has 1 atom stereocenters. The van der Waals surface area contributed by atoms with E-state index in [0.717, 1.165) is 42.6 Å². The van der Waals surface area contributed by atoms with Crippen LogP contribution in [0, 0.1) is 5.92 Å². The molecule has 0 radical (unpaired) electrons. The zero-order valence-electron chi connectivity index (χ0n) is 13.8. The van der Waals surface area contributed by atoms with E-state index in [1.165, 1.54) is 37.8 Å². The van der Waals surface area contributed by atoms with Crippen LogP contribution in [0.15, 0.2) is 0 Å². The minimum absolute atomic E-state index is 0.552. The second-order valence-corrected chi connectivity index (χ2v) is 6.56. The molecular weight excluding hydrogens is 282 g/mol. The van der Waals surface area contributed by atoms with Gasteiger partial charge < -0.3 is 5.32 Å². The van der Waals surface area contributed by atoms with E-state index in [1.54, 1.807) is 0 Å². The van der Waals surface area contributed by atoms with Crippen molar-refractivity contribution >= 4 is 11.6 Å². The summed E-state index contributed by atoms with van der Waals surface area (Å²) in [6, 6.07) is 0.552. The summed E-state index contributed by atoms with van der Waals surface area (Å²) < 4.78 is 2.11. The van der Waals surface area contributed by atoms with Crippen molar-refractivity contribution in [2.24, 2.45) is 5.92 Å². The lowest BCUT2D eigenvalue weighted by Gasteiger charge is -2.25. The predicted octanol–water partition coefficient (Wildman–Crippen LogP) is 4.22. The topological polar surface area (TPSA) is 29.9 Å². The minimum atomic E-state index is 0.552. The van der Waals surface area contributed by atoms with Gasteiger partial charge in [0.15, 0.2) is 0 Å². The molecule has 1 aliphatic carbocycles. The molecule has 1 fully saturated rings. The smallest absolute Gasteiger partial charge is 0.0850 e. The van der Waals surface area contributed by atoms with Crippen molar-refractivity contribution in [3.8, 4) is 0 Å². The molecule has 0 amide bonds. The molecule has 0 saturated heterocycles. The molecule has 0 aliphatic heterocycles. The summed E-state index contributed by atoms with van der Waals surface area (Å²) in [6.07, 6.45) is 8.61. The molecule has 21 heavy (non-hydrogen) atoms. The summed E-state index contributed by atoms with van der Waals surface area (Å²) in [5.74, 6) is 0.804. The van der Waals surface area contributed by atoms with Crippen molar-refractivity contribution < 1.29 is 0 Å². The largest absolute Gasteiger partial charge is 0.313 e. The third-order valence-corrected chi connectivity index (χ3v) is 5.17. The first-order valence-electron chi connectivity index (χ1n) is 8.68. The molecule has 120 valence electrons. The average molecular weight is 312 g/mol. The van der Waals surface area contributed by atoms with Gasteiger partial charge in [0.05, 0.1) is 16.4 Å². The van der Waals surface area contributed by atoms with Crippen LogP contribution in [0.1, 0.15) is 64.3 Å². The zero-order chi connectivity index (χ0) is 15.2. The molecule has 2 rings (SSSR count). The molecule has 1 aromatic heterocycles. The van der Waals surface area contributed by atoms with Crippen molar-refractivity contribution in [3.63, 3.8) is 0 Å². The van der Waals surface area contributed by atoms with E-state index >= 15 is 0 Å². The van der Waals surface area contributed by atoms with Gasteiger partial charge in [0.2, 0.25) is 0 Å². The van der Waals surface area contributed by atoms with E-state index < -0.39 is 0 Å². The Morgan fingerprint density at radius 1 is 1.29 bits per heavy atom. The first-order valence-corrected chi connectivity index (χ1v) is 9.06. The molecule has 0 aromatic carbocycles. The molecular formula is C17H30ClN3. The summed E-state index contributed by atoms with van der Waals surface area (Å²) in [5.41, 5.74) is 2.28. The maximum absolute atomic E-state index is 6.58. The summed E-state index contributed by atoms with van der Waals surface area (Å²) in [4.78, 5) is 0. The van der Waals surface area contributed by atoms with Gasteiger partial charge in [-0.2, -0.15) is 5.10 Å². The normalized spacial score (nSPS) is 17.5. The highest BCUT2D eigenvalue weighted by Gasteiger charge is 2.27. The van der Waals surface area contributed by atoms with E-state index in [2.05, 4.69) is 35.9 Å². The van der Waals surface area contributed by atoms with Gasteiger partial charge in [0.25, 0.3) is 0 Å². The Hall–Kier alpha value is -0.540. The fourth-order valence-electron chi connectivity index (χ4n) is 3.52. The van der Waals surface area contributed by atoms with Gasteiger partial charge in [-0.05, 0) is 45.1 Å².